The molecule has 0 fully saturated rings. The number of rotatable bonds is 10. The third-order valence-corrected chi connectivity index (χ3v) is 4.62. The van der Waals surface area contributed by atoms with Crippen LogP contribution in [0.2, 0.25) is 0 Å². The molecule has 0 bridgehead atoms. The van der Waals surface area contributed by atoms with Crippen molar-refractivity contribution in [2.75, 3.05) is 18.9 Å². The van der Waals surface area contributed by atoms with E-state index in [0.29, 0.717) is 24.6 Å². The number of allylic oxidation sites excluding steroid dienone is 3. The summed E-state index contributed by atoms with van der Waals surface area (Å²) in [6, 6.07) is 5.47. The summed E-state index contributed by atoms with van der Waals surface area (Å²) in [6.07, 6.45) is 7.86. The first kappa shape index (κ1) is 22.3. The SMILES string of the molecule is C=CCOc1c(OC/C=C(\C)CCC=C(C)C)c2ccc(N)cc2n(CC)c1=O. The average molecular weight is 397 g/mol. The van der Waals surface area contributed by atoms with E-state index in [-0.39, 0.29) is 17.9 Å². The maximum Gasteiger partial charge on any atom is 0.297 e. The van der Waals surface area contributed by atoms with Gasteiger partial charge in [0.25, 0.3) is 5.56 Å². The van der Waals surface area contributed by atoms with Crippen molar-refractivity contribution in [2.24, 2.45) is 0 Å². The lowest BCUT2D eigenvalue weighted by Crippen LogP contribution is -2.23. The van der Waals surface area contributed by atoms with E-state index in [1.54, 1.807) is 22.8 Å². The van der Waals surface area contributed by atoms with Gasteiger partial charge >= 0.3 is 0 Å². The minimum absolute atomic E-state index is 0.208. The van der Waals surface area contributed by atoms with Crippen LogP contribution < -0.4 is 20.8 Å². The summed E-state index contributed by atoms with van der Waals surface area (Å²) < 4.78 is 13.4. The van der Waals surface area contributed by atoms with E-state index in [2.05, 4.69) is 33.4 Å². The Labute approximate surface area is 173 Å². The lowest BCUT2D eigenvalue weighted by molar-refractivity contribution is 0.305. The molecular formula is C24H32N2O3. The quantitative estimate of drug-likeness (QED) is 0.440. The minimum Gasteiger partial charge on any atom is -0.485 e. The minimum atomic E-state index is -0.230. The second-order valence-electron chi connectivity index (χ2n) is 7.27. The Kier molecular flexibility index (Phi) is 8.13. The second-order valence-corrected chi connectivity index (χ2v) is 7.27. The summed E-state index contributed by atoms with van der Waals surface area (Å²) in [4.78, 5) is 13.0. The zero-order valence-electron chi connectivity index (χ0n) is 18.0. The van der Waals surface area contributed by atoms with Crippen LogP contribution in [0.3, 0.4) is 0 Å². The highest BCUT2D eigenvalue weighted by Crippen LogP contribution is 2.34. The number of ether oxygens (including phenoxy) is 2. The van der Waals surface area contributed by atoms with Crippen LogP contribution in [-0.2, 0) is 6.54 Å². The number of pyridine rings is 1. The van der Waals surface area contributed by atoms with Gasteiger partial charge in [0, 0.05) is 17.6 Å². The van der Waals surface area contributed by atoms with Crippen molar-refractivity contribution in [1.29, 1.82) is 0 Å². The predicted molar refractivity (Wildman–Crippen MR) is 122 cm³/mol. The molecule has 0 amide bonds. The van der Waals surface area contributed by atoms with Crippen LogP contribution in [0.1, 0.15) is 40.5 Å². The molecule has 0 saturated heterocycles. The van der Waals surface area contributed by atoms with E-state index in [4.69, 9.17) is 15.2 Å². The van der Waals surface area contributed by atoms with Crippen LogP contribution in [0, 0.1) is 0 Å². The summed E-state index contributed by atoms with van der Waals surface area (Å²) >= 11 is 0. The molecule has 5 nitrogen and oxygen atoms in total. The molecule has 0 aliphatic rings. The fourth-order valence-electron chi connectivity index (χ4n) is 3.10. The van der Waals surface area contributed by atoms with Crippen molar-refractivity contribution in [3.8, 4) is 11.5 Å². The van der Waals surface area contributed by atoms with Gasteiger partial charge in [-0.05, 0) is 64.8 Å². The molecule has 0 unspecified atom stereocenters. The van der Waals surface area contributed by atoms with Gasteiger partial charge in [0.1, 0.15) is 13.2 Å². The van der Waals surface area contributed by atoms with Crippen LogP contribution in [0.25, 0.3) is 10.9 Å². The Morgan fingerprint density at radius 1 is 1.14 bits per heavy atom. The predicted octanol–water partition coefficient (Wildman–Crippen LogP) is 5.24. The van der Waals surface area contributed by atoms with Crippen molar-refractivity contribution in [2.45, 2.75) is 47.1 Å². The van der Waals surface area contributed by atoms with E-state index in [9.17, 15) is 4.79 Å². The second kappa shape index (κ2) is 10.6. The summed E-state index contributed by atoms with van der Waals surface area (Å²) in [5.41, 5.74) is 9.63. The molecule has 0 saturated carbocycles. The molecule has 0 spiro atoms. The fraction of sp³-hybridized carbons (Fsp3) is 0.375. The van der Waals surface area contributed by atoms with Crippen molar-refractivity contribution >= 4 is 16.6 Å². The lowest BCUT2D eigenvalue weighted by atomic mass is 10.1. The monoisotopic (exact) mass is 396 g/mol. The van der Waals surface area contributed by atoms with E-state index in [1.807, 2.05) is 19.1 Å². The first-order valence-electron chi connectivity index (χ1n) is 10.0. The zero-order chi connectivity index (χ0) is 21.4. The van der Waals surface area contributed by atoms with Crippen LogP contribution in [0.15, 0.2) is 58.9 Å². The number of fused-ring (bicyclic) bond motifs is 1. The molecule has 0 aliphatic heterocycles. The highest BCUT2D eigenvalue weighted by atomic mass is 16.5. The van der Waals surface area contributed by atoms with Crippen molar-refractivity contribution in [1.82, 2.24) is 4.57 Å². The topological polar surface area (TPSA) is 66.5 Å². The van der Waals surface area contributed by atoms with E-state index in [0.717, 1.165) is 23.7 Å². The maximum atomic E-state index is 13.0. The normalized spacial score (nSPS) is 11.4. The number of anilines is 1. The Morgan fingerprint density at radius 3 is 2.52 bits per heavy atom. The number of benzene rings is 1. The molecule has 1 aromatic carbocycles. The molecule has 156 valence electrons. The fourth-order valence-corrected chi connectivity index (χ4v) is 3.10. The van der Waals surface area contributed by atoms with E-state index >= 15 is 0 Å². The van der Waals surface area contributed by atoms with Crippen LogP contribution >= 0.6 is 0 Å². The third kappa shape index (κ3) is 5.76. The zero-order valence-corrected chi connectivity index (χ0v) is 18.0. The summed E-state index contributed by atoms with van der Waals surface area (Å²) in [6.45, 7) is 13.0. The summed E-state index contributed by atoms with van der Waals surface area (Å²) in [5, 5.41) is 0.801. The number of nitrogens with zero attached hydrogens (tertiary/aromatic N) is 1. The molecule has 0 radical (unpaired) electrons. The highest BCUT2D eigenvalue weighted by molar-refractivity contribution is 5.90. The van der Waals surface area contributed by atoms with Gasteiger partial charge in [-0.2, -0.15) is 0 Å². The van der Waals surface area contributed by atoms with Gasteiger partial charge in [-0.3, -0.25) is 4.79 Å². The maximum absolute atomic E-state index is 13.0. The van der Waals surface area contributed by atoms with Gasteiger partial charge in [-0.1, -0.05) is 29.9 Å². The van der Waals surface area contributed by atoms with Gasteiger partial charge < -0.3 is 19.8 Å². The molecule has 29 heavy (non-hydrogen) atoms. The van der Waals surface area contributed by atoms with Crippen LogP contribution in [0.4, 0.5) is 5.69 Å². The first-order valence-corrected chi connectivity index (χ1v) is 10.0. The Balaban J connectivity index is 2.40. The van der Waals surface area contributed by atoms with E-state index < -0.39 is 0 Å². The number of hydrogen-bond donors (Lipinski definition) is 1. The van der Waals surface area contributed by atoms with Gasteiger partial charge in [0.2, 0.25) is 5.75 Å². The Hall–Kier alpha value is -2.95. The molecule has 1 aromatic heterocycles. The molecule has 1 heterocycles. The number of hydrogen-bond acceptors (Lipinski definition) is 4. The van der Waals surface area contributed by atoms with Crippen molar-refractivity contribution < 1.29 is 9.47 Å². The van der Waals surface area contributed by atoms with Crippen molar-refractivity contribution in [3.63, 3.8) is 0 Å². The van der Waals surface area contributed by atoms with Gasteiger partial charge in [-0.25, -0.2) is 0 Å². The van der Waals surface area contributed by atoms with Crippen LogP contribution in [-0.4, -0.2) is 17.8 Å². The molecule has 2 rings (SSSR count). The lowest BCUT2D eigenvalue weighted by Gasteiger charge is -2.17. The third-order valence-electron chi connectivity index (χ3n) is 4.62. The number of aryl methyl sites for hydroxylation is 1. The van der Waals surface area contributed by atoms with Crippen molar-refractivity contribution in [3.05, 3.63) is 64.5 Å². The van der Waals surface area contributed by atoms with Gasteiger partial charge in [-0.15, -0.1) is 0 Å². The average Bonchev–Trinajstić information content (AvgIpc) is 2.67. The molecule has 0 atom stereocenters. The molecule has 2 aromatic rings. The van der Waals surface area contributed by atoms with Gasteiger partial charge in [0.15, 0.2) is 5.75 Å². The molecule has 5 heteroatoms. The van der Waals surface area contributed by atoms with E-state index in [1.165, 1.54) is 11.1 Å². The summed E-state index contributed by atoms with van der Waals surface area (Å²) in [5.74, 6) is 0.657. The summed E-state index contributed by atoms with van der Waals surface area (Å²) in [7, 11) is 0. The number of nitrogen functional groups attached to an aromatic ring is 1. The van der Waals surface area contributed by atoms with Crippen LogP contribution in [0.5, 0.6) is 11.5 Å². The number of nitrogens with two attached hydrogens (primary N) is 1. The smallest absolute Gasteiger partial charge is 0.297 e. The van der Waals surface area contributed by atoms with Gasteiger partial charge in [0.05, 0.1) is 5.52 Å². The standard InChI is InChI=1S/C24H32N2O3/c1-6-14-28-23-22(29-15-13-18(5)10-8-9-17(3)4)20-12-11-19(25)16-21(20)26(7-2)24(23)27/h6,9,11-13,16H,1,7-8,10,14-15,25H2,2-5H3/b18-13+. The highest BCUT2D eigenvalue weighted by Gasteiger charge is 2.19. The first-order chi connectivity index (χ1) is 13.9. The Bertz CT molecular complexity index is 980. The number of aromatic nitrogens is 1. The Morgan fingerprint density at radius 2 is 1.86 bits per heavy atom. The molecule has 2 N–H and O–H groups in total. The molecular weight excluding hydrogens is 364 g/mol. The largest absolute Gasteiger partial charge is 0.485 e. The molecule has 0 aliphatic carbocycles.